The zero-order valence-corrected chi connectivity index (χ0v) is 12.9. The molecule has 2 aromatic rings. The van der Waals surface area contributed by atoms with Crippen molar-refractivity contribution in [3.8, 4) is 0 Å². The van der Waals surface area contributed by atoms with Gasteiger partial charge in [0, 0.05) is 18.7 Å². The van der Waals surface area contributed by atoms with Crippen LogP contribution in [0.5, 0.6) is 0 Å². The summed E-state index contributed by atoms with van der Waals surface area (Å²) in [6.07, 6.45) is 5.23. The van der Waals surface area contributed by atoms with E-state index in [1.165, 1.54) is 6.08 Å². The lowest BCUT2D eigenvalue weighted by Gasteiger charge is -2.32. The fraction of sp³-hybridized carbons (Fsp3) is 0.222. The second-order valence-corrected chi connectivity index (χ2v) is 5.96. The van der Waals surface area contributed by atoms with Crippen LogP contribution in [0.3, 0.4) is 0 Å². The van der Waals surface area contributed by atoms with E-state index >= 15 is 0 Å². The van der Waals surface area contributed by atoms with Crippen molar-refractivity contribution in [2.45, 2.75) is 18.5 Å². The summed E-state index contributed by atoms with van der Waals surface area (Å²) in [5.41, 5.74) is 1.83. The summed E-state index contributed by atoms with van der Waals surface area (Å²) in [5.74, 6) is 0.420. The fourth-order valence-electron chi connectivity index (χ4n) is 3.29. The first-order valence-corrected chi connectivity index (χ1v) is 7.89. The number of nitrogens with zero attached hydrogens (tertiary/aromatic N) is 1. The summed E-state index contributed by atoms with van der Waals surface area (Å²) in [6.45, 7) is 0.620. The van der Waals surface area contributed by atoms with E-state index in [0.717, 1.165) is 11.4 Å². The zero-order valence-electron chi connectivity index (χ0n) is 12.9. The van der Waals surface area contributed by atoms with Gasteiger partial charge < -0.3 is 20.0 Å². The van der Waals surface area contributed by atoms with Crippen LogP contribution >= 0.6 is 0 Å². The molecule has 0 spiro atoms. The molecule has 0 saturated carbocycles. The Morgan fingerprint density at radius 2 is 2.17 bits per heavy atom. The Morgan fingerprint density at radius 3 is 3.00 bits per heavy atom. The van der Waals surface area contributed by atoms with Crippen LogP contribution in [0.1, 0.15) is 12.2 Å². The van der Waals surface area contributed by atoms with Crippen LogP contribution < -0.4 is 15.5 Å². The van der Waals surface area contributed by atoms with Crippen molar-refractivity contribution in [3.63, 3.8) is 0 Å². The number of benzene rings is 1. The number of fused-ring (bicyclic) bond motifs is 3. The van der Waals surface area contributed by atoms with E-state index in [0.29, 0.717) is 18.7 Å². The van der Waals surface area contributed by atoms with Crippen LogP contribution in [0, 0.1) is 0 Å². The lowest BCUT2D eigenvalue weighted by molar-refractivity contribution is -0.118. The van der Waals surface area contributed by atoms with Gasteiger partial charge in [-0.1, -0.05) is 12.1 Å². The van der Waals surface area contributed by atoms with E-state index < -0.39 is 0 Å². The van der Waals surface area contributed by atoms with Crippen LogP contribution in [0.4, 0.5) is 11.4 Å². The van der Waals surface area contributed by atoms with E-state index in [-0.39, 0.29) is 23.9 Å². The van der Waals surface area contributed by atoms with E-state index in [1.54, 1.807) is 24.5 Å². The Kier molecular flexibility index (Phi) is 3.57. The van der Waals surface area contributed by atoms with Gasteiger partial charge in [-0.3, -0.25) is 9.59 Å². The molecule has 0 aliphatic carbocycles. The number of carbonyl (C=O) groups excluding carboxylic acids is 2. The minimum Gasteiger partial charge on any atom is -0.465 e. The Morgan fingerprint density at radius 1 is 1.29 bits per heavy atom. The van der Waals surface area contributed by atoms with E-state index in [4.69, 9.17) is 4.42 Å². The van der Waals surface area contributed by atoms with Gasteiger partial charge in [-0.05, 0) is 36.8 Å². The van der Waals surface area contributed by atoms with Crippen LogP contribution in [0.15, 0.2) is 53.2 Å². The molecule has 0 radical (unpaired) electrons. The van der Waals surface area contributed by atoms with Gasteiger partial charge in [-0.25, -0.2) is 0 Å². The van der Waals surface area contributed by atoms with E-state index in [9.17, 15) is 9.59 Å². The summed E-state index contributed by atoms with van der Waals surface area (Å²) in [7, 11) is 0. The normalized spacial score (nSPS) is 22.2. The SMILES string of the molecule is O=C(C=Cc1ccco1)NC1CC2C(=O)Nc3ccccc3N2C1. The minimum absolute atomic E-state index is 0.0171. The Hall–Kier alpha value is -3.02. The number of rotatable bonds is 3. The highest BCUT2D eigenvalue weighted by Crippen LogP contribution is 2.36. The third-order valence-corrected chi connectivity index (χ3v) is 4.36. The zero-order chi connectivity index (χ0) is 16.5. The number of furan rings is 1. The first-order valence-electron chi connectivity index (χ1n) is 7.89. The molecule has 2 aliphatic heterocycles. The highest BCUT2D eigenvalue weighted by atomic mass is 16.3. The van der Waals surface area contributed by atoms with Crippen molar-refractivity contribution < 1.29 is 14.0 Å². The van der Waals surface area contributed by atoms with Crippen molar-refractivity contribution in [1.82, 2.24) is 5.32 Å². The molecule has 1 fully saturated rings. The molecule has 0 bridgehead atoms. The largest absolute Gasteiger partial charge is 0.465 e. The van der Waals surface area contributed by atoms with Crippen molar-refractivity contribution in [2.24, 2.45) is 0 Å². The van der Waals surface area contributed by atoms with Gasteiger partial charge in [-0.2, -0.15) is 0 Å². The van der Waals surface area contributed by atoms with Gasteiger partial charge >= 0.3 is 0 Å². The Labute approximate surface area is 139 Å². The molecule has 1 saturated heterocycles. The molecule has 4 rings (SSSR count). The van der Waals surface area contributed by atoms with Crippen molar-refractivity contribution in [1.29, 1.82) is 0 Å². The van der Waals surface area contributed by atoms with Crippen molar-refractivity contribution in [3.05, 3.63) is 54.5 Å². The number of anilines is 2. The molecule has 2 amide bonds. The van der Waals surface area contributed by atoms with Crippen LogP contribution in [-0.2, 0) is 9.59 Å². The second-order valence-electron chi connectivity index (χ2n) is 5.96. The Bertz CT molecular complexity index is 798. The van der Waals surface area contributed by atoms with Crippen LogP contribution in [0.25, 0.3) is 6.08 Å². The van der Waals surface area contributed by atoms with Crippen LogP contribution in [-0.4, -0.2) is 30.4 Å². The Balaban J connectivity index is 1.45. The first-order chi connectivity index (χ1) is 11.7. The van der Waals surface area contributed by atoms with Gasteiger partial charge in [0.05, 0.1) is 17.6 Å². The summed E-state index contributed by atoms with van der Waals surface area (Å²) < 4.78 is 5.16. The monoisotopic (exact) mass is 323 g/mol. The molecule has 3 heterocycles. The van der Waals surface area contributed by atoms with E-state index in [1.807, 2.05) is 24.3 Å². The third kappa shape index (κ3) is 2.67. The molecule has 24 heavy (non-hydrogen) atoms. The topological polar surface area (TPSA) is 74.6 Å². The molecular weight excluding hydrogens is 306 g/mol. The number of hydrogen-bond donors (Lipinski definition) is 2. The van der Waals surface area contributed by atoms with Crippen molar-refractivity contribution >= 4 is 29.3 Å². The number of para-hydroxylation sites is 2. The third-order valence-electron chi connectivity index (χ3n) is 4.36. The maximum Gasteiger partial charge on any atom is 0.247 e. The van der Waals surface area contributed by atoms with Gasteiger partial charge in [0.1, 0.15) is 11.8 Å². The smallest absolute Gasteiger partial charge is 0.247 e. The van der Waals surface area contributed by atoms with Gasteiger partial charge in [0.25, 0.3) is 0 Å². The molecule has 2 unspecified atom stereocenters. The molecule has 2 aliphatic rings. The molecule has 1 aromatic carbocycles. The lowest BCUT2D eigenvalue weighted by Crippen LogP contribution is -2.43. The summed E-state index contributed by atoms with van der Waals surface area (Å²) in [5, 5.41) is 5.89. The quantitative estimate of drug-likeness (QED) is 0.847. The van der Waals surface area contributed by atoms with E-state index in [2.05, 4.69) is 15.5 Å². The highest BCUT2D eigenvalue weighted by molar-refractivity contribution is 6.04. The lowest BCUT2D eigenvalue weighted by atomic mass is 10.1. The maximum atomic E-state index is 12.3. The number of hydrogen-bond acceptors (Lipinski definition) is 4. The molecule has 6 nitrogen and oxygen atoms in total. The summed E-state index contributed by atoms with van der Waals surface area (Å²) in [4.78, 5) is 26.4. The van der Waals surface area contributed by atoms with Gasteiger partial charge in [0.2, 0.25) is 11.8 Å². The average Bonchev–Trinajstić information content (AvgIpc) is 3.23. The molecule has 122 valence electrons. The first kappa shape index (κ1) is 14.6. The minimum atomic E-state index is -0.237. The predicted octanol–water partition coefficient (Wildman–Crippen LogP) is 2.01. The average molecular weight is 323 g/mol. The summed E-state index contributed by atoms with van der Waals surface area (Å²) in [6, 6.07) is 11.0. The second kappa shape index (κ2) is 5.88. The number of nitrogens with one attached hydrogen (secondary N) is 2. The fourth-order valence-corrected chi connectivity index (χ4v) is 3.29. The van der Waals surface area contributed by atoms with Crippen LogP contribution in [0.2, 0.25) is 0 Å². The molecule has 2 atom stereocenters. The molecular formula is C18H17N3O3. The molecule has 1 aromatic heterocycles. The standard InChI is InChI=1S/C18H17N3O3/c22-17(8-7-13-4-3-9-24-13)19-12-10-16-18(23)20-14-5-1-2-6-15(14)21(16)11-12/h1-9,12,16H,10-11H2,(H,19,22)(H,20,23). The molecule has 6 heteroatoms. The van der Waals surface area contributed by atoms with Gasteiger partial charge in [0.15, 0.2) is 0 Å². The highest BCUT2D eigenvalue weighted by Gasteiger charge is 2.41. The van der Waals surface area contributed by atoms with Crippen molar-refractivity contribution in [2.75, 3.05) is 16.8 Å². The number of amides is 2. The van der Waals surface area contributed by atoms with Gasteiger partial charge in [-0.15, -0.1) is 0 Å². The maximum absolute atomic E-state index is 12.3. The predicted molar refractivity (Wildman–Crippen MR) is 90.5 cm³/mol. The summed E-state index contributed by atoms with van der Waals surface area (Å²) >= 11 is 0. The molecule has 2 N–H and O–H groups in total. The number of carbonyl (C=O) groups is 2.